The number of urea groups is 1. The molecule has 188 valence electrons. The molecule has 12 heteroatoms. The minimum atomic E-state index is -2.57. The molecule has 0 aliphatic carbocycles. The molecular weight excluding hydrogens is 480 g/mol. The zero-order valence-electron chi connectivity index (χ0n) is 19.5. The van der Waals surface area contributed by atoms with Crippen molar-refractivity contribution >= 4 is 28.5 Å². The van der Waals surface area contributed by atoms with Crippen LogP contribution in [0.3, 0.4) is 0 Å². The maximum absolute atomic E-state index is 13.1. The van der Waals surface area contributed by atoms with Gasteiger partial charge in [0.15, 0.2) is 10.9 Å². The van der Waals surface area contributed by atoms with Gasteiger partial charge in [-0.05, 0) is 19.9 Å². The predicted molar refractivity (Wildman–Crippen MR) is 128 cm³/mol. The third-order valence-corrected chi connectivity index (χ3v) is 6.66. The lowest BCUT2D eigenvalue weighted by Gasteiger charge is -2.33. The van der Waals surface area contributed by atoms with Crippen LogP contribution < -0.4 is 15.5 Å². The summed E-state index contributed by atoms with van der Waals surface area (Å²) in [4.78, 5) is 24.1. The zero-order valence-corrected chi connectivity index (χ0v) is 20.4. The number of carbonyl (C=O) groups excluding carboxylic acids is 1. The summed E-state index contributed by atoms with van der Waals surface area (Å²) in [5.41, 5.74) is 0.509. The Labute approximate surface area is 205 Å². The number of halogens is 2. The number of rotatable bonds is 8. The second kappa shape index (κ2) is 10.3. The quantitative estimate of drug-likeness (QED) is 0.415. The van der Waals surface area contributed by atoms with Crippen LogP contribution in [-0.4, -0.2) is 53.5 Å². The molecular formula is C23H27F2N5O4S. The van der Waals surface area contributed by atoms with Gasteiger partial charge in [-0.1, -0.05) is 29.5 Å². The minimum Gasteiger partial charge on any atom is -0.423 e. The molecule has 0 saturated heterocycles. The number of carbonyl (C=O) groups is 1. The van der Waals surface area contributed by atoms with Crippen LogP contribution in [0.2, 0.25) is 0 Å². The Morgan fingerprint density at radius 1 is 1.43 bits per heavy atom. The second-order valence-electron chi connectivity index (χ2n) is 8.80. The van der Waals surface area contributed by atoms with E-state index < -0.39 is 18.0 Å². The molecule has 3 N–H and O–H groups in total. The molecule has 0 fully saturated rings. The fourth-order valence-electron chi connectivity index (χ4n) is 3.77. The molecule has 4 rings (SSSR count). The molecule has 0 unspecified atom stereocenters. The topological polar surface area (TPSA) is 113 Å². The number of anilines is 2. The number of benzene rings is 1. The third-order valence-electron chi connectivity index (χ3n) is 5.55. The smallest absolute Gasteiger partial charge is 0.321 e. The van der Waals surface area contributed by atoms with E-state index in [9.17, 15) is 18.7 Å². The van der Waals surface area contributed by atoms with Crippen LogP contribution in [0.15, 0.2) is 34.9 Å². The Morgan fingerprint density at radius 3 is 2.94 bits per heavy atom. The number of ether oxygens (including phenoxy) is 1. The Hall–Kier alpha value is -3.09. The van der Waals surface area contributed by atoms with Crippen LogP contribution in [0.1, 0.15) is 42.4 Å². The SMILES string of the molecule is COC[C@H]1c2sc(NC(=O)NC(C)(C)CO)nc2CCN1c1ncc(-c2cccc(C(F)F)c2)o1. The van der Waals surface area contributed by atoms with Crippen molar-refractivity contribution in [2.45, 2.75) is 38.3 Å². The van der Waals surface area contributed by atoms with Gasteiger partial charge in [0.25, 0.3) is 12.4 Å². The highest BCUT2D eigenvalue weighted by molar-refractivity contribution is 7.16. The molecule has 0 saturated carbocycles. The summed E-state index contributed by atoms with van der Waals surface area (Å²) < 4.78 is 37.6. The summed E-state index contributed by atoms with van der Waals surface area (Å²) in [5, 5.41) is 15.2. The molecule has 9 nitrogen and oxygen atoms in total. The van der Waals surface area contributed by atoms with Gasteiger partial charge in [0.05, 0.1) is 41.6 Å². The molecule has 0 spiro atoms. The highest BCUT2D eigenvalue weighted by atomic mass is 32.1. The lowest BCUT2D eigenvalue weighted by Crippen LogP contribution is -2.48. The van der Waals surface area contributed by atoms with Crippen LogP contribution in [0.5, 0.6) is 0 Å². The molecule has 1 aliphatic rings. The lowest BCUT2D eigenvalue weighted by atomic mass is 10.1. The van der Waals surface area contributed by atoms with E-state index in [1.807, 2.05) is 4.90 Å². The largest absolute Gasteiger partial charge is 0.423 e. The van der Waals surface area contributed by atoms with Crippen LogP contribution >= 0.6 is 11.3 Å². The number of amides is 2. The Balaban J connectivity index is 1.55. The number of aliphatic hydroxyl groups is 1. The van der Waals surface area contributed by atoms with E-state index in [0.29, 0.717) is 42.0 Å². The Morgan fingerprint density at radius 2 is 2.23 bits per heavy atom. The number of methoxy groups -OCH3 is 1. The molecule has 1 atom stereocenters. The van der Waals surface area contributed by atoms with Gasteiger partial charge >= 0.3 is 6.03 Å². The monoisotopic (exact) mass is 507 g/mol. The molecule has 0 bridgehead atoms. The maximum Gasteiger partial charge on any atom is 0.321 e. The first-order valence-corrected chi connectivity index (χ1v) is 11.8. The fraction of sp³-hybridized carbons (Fsp3) is 0.435. The standard InChI is InChI=1S/C23H27F2N5O4S/c1-23(2,12-31)29-20(32)28-21-27-15-7-8-30(16(11-33-3)18(15)35-21)22-26-10-17(34-22)13-5-4-6-14(9-13)19(24)25/h4-6,9-10,16,19,31H,7-8,11-12H2,1-3H3,(H2,27,28,29,32)/t16-/m0/s1. The van der Waals surface area contributed by atoms with Gasteiger partial charge in [-0.2, -0.15) is 0 Å². The number of nitrogens with zero attached hydrogens (tertiary/aromatic N) is 3. The number of hydrogen-bond donors (Lipinski definition) is 3. The van der Waals surface area contributed by atoms with Gasteiger partial charge in [0, 0.05) is 31.2 Å². The molecule has 1 aliphatic heterocycles. The molecule has 0 radical (unpaired) electrons. The van der Waals surface area contributed by atoms with Crippen molar-refractivity contribution in [2.24, 2.45) is 0 Å². The minimum absolute atomic E-state index is 0.0866. The van der Waals surface area contributed by atoms with E-state index in [1.165, 1.54) is 29.7 Å². The molecule has 2 amide bonds. The van der Waals surface area contributed by atoms with Gasteiger partial charge in [-0.25, -0.2) is 23.5 Å². The van der Waals surface area contributed by atoms with Crippen molar-refractivity contribution in [3.05, 3.63) is 46.6 Å². The molecule has 3 aromatic rings. The number of fused-ring (bicyclic) bond motifs is 1. The van der Waals surface area contributed by atoms with Crippen molar-refractivity contribution in [1.29, 1.82) is 0 Å². The molecule has 35 heavy (non-hydrogen) atoms. The van der Waals surface area contributed by atoms with Gasteiger partial charge in [-0.3, -0.25) is 5.32 Å². The zero-order chi connectivity index (χ0) is 25.2. The molecule has 1 aromatic carbocycles. The predicted octanol–water partition coefficient (Wildman–Crippen LogP) is 4.38. The maximum atomic E-state index is 13.1. The van der Waals surface area contributed by atoms with Gasteiger partial charge < -0.3 is 24.5 Å². The van der Waals surface area contributed by atoms with E-state index in [0.717, 1.165) is 10.6 Å². The van der Waals surface area contributed by atoms with E-state index in [2.05, 4.69) is 20.6 Å². The number of hydrogen-bond acceptors (Lipinski definition) is 8. The van der Waals surface area contributed by atoms with Crippen molar-refractivity contribution < 1.29 is 27.8 Å². The summed E-state index contributed by atoms with van der Waals surface area (Å²) in [6, 6.07) is 5.64. The first kappa shape index (κ1) is 25.0. The second-order valence-corrected chi connectivity index (χ2v) is 9.83. The summed E-state index contributed by atoms with van der Waals surface area (Å²) in [7, 11) is 1.59. The molecule has 2 aromatic heterocycles. The number of oxazole rings is 1. The van der Waals surface area contributed by atoms with Crippen LogP contribution in [0.25, 0.3) is 11.3 Å². The normalized spacial score (nSPS) is 15.9. The van der Waals surface area contributed by atoms with Gasteiger partial charge in [0.1, 0.15) is 0 Å². The van der Waals surface area contributed by atoms with E-state index >= 15 is 0 Å². The van der Waals surface area contributed by atoms with Crippen molar-refractivity contribution in [3.8, 4) is 11.3 Å². The number of nitrogens with one attached hydrogen (secondary N) is 2. The van der Waals surface area contributed by atoms with E-state index in [4.69, 9.17) is 9.15 Å². The Kier molecular flexibility index (Phi) is 7.33. The molecule has 3 heterocycles. The summed E-state index contributed by atoms with van der Waals surface area (Å²) in [6.45, 7) is 4.09. The number of alkyl halides is 2. The summed E-state index contributed by atoms with van der Waals surface area (Å²) in [6.07, 6.45) is -0.461. The first-order chi connectivity index (χ1) is 16.7. The average Bonchev–Trinajstić information content (AvgIpc) is 3.46. The summed E-state index contributed by atoms with van der Waals surface area (Å²) in [5.74, 6) is 0.388. The average molecular weight is 508 g/mol. The highest BCUT2D eigenvalue weighted by Crippen LogP contribution is 2.39. The van der Waals surface area contributed by atoms with Crippen molar-refractivity contribution in [2.75, 3.05) is 37.1 Å². The van der Waals surface area contributed by atoms with Crippen LogP contribution in [0.4, 0.5) is 24.7 Å². The number of aliphatic hydroxyl groups excluding tert-OH is 1. The van der Waals surface area contributed by atoms with E-state index in [1.54, 1.807) is 33.1 Å². The first-order valence-electron chi connectivity index (χ1n) is 11.0. The lowest BCUT2D eigenvalue weighted by molar-refractivity contribution is 0.151. The van der Waals surface area contributed by atoms with Crippen LogP contribution in [0, 0.1) is 0 Å². The van der Waals surface area contributed by atoms with E-state index in [-0.39, 0.29) is 18.2 Å². The van der Waals surface area contributed by atoms with Gasteiger partial charge in [-0.15, -0.1) is 0 Å². The summed E-state index contributed by atoms with van der Waals surface area (Å²) >= 11 is 1.33. The Bertz CT molecular complexity index is 1180. The fourth-order valence-corrected chi connectivity index (χ4v) is 4.87. The number of thiazole rings is 1. The van der Waals surface area contributed by atoms with Crippen molar-refractivity contribution in [1.82, 2.24) is 15.3 Å². The number of aromatic nitrogens is 2. The van der Waals surface area contributed by atoms with Crippen molar-refractivity contribution in [3.63, 3.8) is 0 Å². The highest BCUT2D eigenvalue weighted by Gasteiger charge is 2.34. The third kappa shape index (κ3) is 5.60. The van der Waals surface area contributed by atoms with Crippen LogP contribution in [-0.2, 0) is 11.2 Å². The van der Waals surface area contributed by atoms with Gasteiger partial charge in [0.2, 0.25) is 0 Å².